The van der Waals surface area contributed by atoms with Gasteiger partial charge in [0.25, 0.3) is 0 Å². The van der Waals surface area contributed by atoms with Crippen LogP contribution in [0.5, 0.6) is 0 Å². The third-order valence-corrected chi connectivity index (χ3v) is 3.87. The molecule has 0 atom stereocenters. The predicted molar refractivity (Wildman–Crippen MR) is 92.4 cm³/mol. The maximum Gasteiger partial charge on any atom is 0.0719 e. The third kappa shape index (κ3) is 2.89. The molecule has 2 aromatic rings. The Hall–Kier alpha value is -2.16. The van der Waals surface area contributed by atoms with Crippen molar-refractivity contribution in [2.75, 3.05) is 27.4 Å². The van der Waals surface area contributed by atoms with Crippen LogP contribution in [0.15, 0.2) is 48.5 Å². The van der Waals surface area contributed by atoms with Gasteiger partial charge in [0.05, 0.1) is 13.2 Å². The molecule has 0 aromatic heterocycles. The standard InChI is InChI=1S/C20H20O2/c1-21-13-17-11-15-7-3-4-8-16(15)12-18(14-22-2)20-10-6-5-9-19(17)20/h3-12H,13-14H2,1-2H3/b15-11?,16-12?,17-11-,18-12-,19-17?,20-18?. The first-order valence-corrected chi connectivity index (χ1v) is 7.41. The van der Waals surface area contributed by atoms with Crippen LogP contribution in [0.2, 0.25) is 0 Å². The lowest BCUT2D eigenvalue weighted by molar-refractivity contribution is 0.239. The van der Waals surface area contributed by atoms with Gasteiger partial charge in [0, 0.05) is 14.2 Å². The summed E-state index contributed by atoms with van der Waals surface area (Å²) in [5.74, 6) is 0. The number of fused-ring (bicyclic) bond motifs is 2. The number of methoxy groups -OCH3 is 2. The van der Waals surface area contributed by atoms with Crippen LogP contribution in [-0.2, 0) is 9.47 Å². The smallest absolute Gasteiger partial charge is 0.0719 e. The molecule has 0 unspecified atom stereocenters. The molecule has 0 heterocycles. The van der Waals surface area contributed by atoms with Crippen LogP contribution in [0.4, 0.5) is 0 Å². The van der Waals surface area contributed by atoms with Gasteiger partial charge in [0.15, 0.2) is 0 Å². The van der Waals surface area contributed by atoms with Gasteiger partial charge >= 0.3 is 0 Å². The molecule has 0 spiro atoms. The van der Waals surface area contributed by atoms with Gasteiger partial charge < -0.3 is 9.47 Å². The molecule has 0 bridgehead atoms. The number of rotatable bonds is 4. The molecular weight excluding hydrogens is 272 g/mol. The molecule has 112 valence electrons. The molecular formula is C20H20O2. The topological polar surface area (TPSA) is 18.5 Å². The Morgan fingerprint density at radius 2 is 1.05 bits per heavy atom. The lowest BCUT2D eigenvalue weighted by Crippen LogP contribution is -2.04. The third-order valence-electron chi connectivity index (χ3n) is 3.87. The molecule has 3 rings (SSSR count). The van der Waals surface area contributed by atoms with Crippen molar-refractivity contribution in [2.45, 2.75) is 0 Å². The van der Waals surface area contributed by atoms with E-state index in [9.17, 15) is 0 Å². The average molecular weight is 292 g/mol. The van der Waals surface area contributed by atoms with Crippen molar-refractivity contribution in [2.24, 2.45) is 0 Å². The summed E-state index contributed by atoms with van der Waals surface area (Å²) >= 11 is 0. The van der Waals surface area contributed by atoms with E-state index in [1.165, 1.54) is 33.4 Å². The quantitative estimate of drug-likeness (QED) is 0.833. The van der Waals surface area contributed by atoms with Gasteiger partial charge in [-0.2, -0.15) is 0 Å². The van der Waals surface area contributed by atoms with Crippen molar-refractivity contribution in [1.29, 1.82) is 0 Å². The van der Waals surface area contributed by atoms with E-state index in [1.54, 1.807) is 14.2 Å². The number of hydrogen-bond donors (Lipinski definition) is 0. The first-order chi connectivity index (χ1) is 10.8. The highest BCUT2D eigenvalue weighted by molar-refractivity contribution is 5.96. The Morgan fingerprint density at radius 3 is 1.45 bits per heavy atom. The maximum atomic E-state index is 5.43. The Labute approximate surface area is 131 Å². The molecule has 2 heteroatoms. The number of hydrogen-bond acceptors (Lipinski definition) is 2. The predicted octanol–water partition coefficient (Wildman–Crippen LogP) is 4.37. The normalized spacial score (nSPS) is 18.1. The fraction of sp³-hybridized carbons (Fsp3) is 0.200. The zero-order chi connectivity index (χ0) is 15.4. The summed E-state index contributed by atoms with van der Waals surface area (Å²) in [7, 11) is 3.47. The molecule has 2 aromatic carbocycles. The van der Waals surface area contributed by atoms with Crippen molar-refractivity contribution in [1.82, 2.24) is 0 Å². The van der Waals surface area contributed by atoms with Gasteiger partial charge in [-0.15, -0.1) is 0 Å². The zero-order valence-electron chi connectivity index (χ0n) is 13.0. The molecule has 0 fully saturated rings. The second-order valence-corrected chi connectivity index (χ2v) is 5.38. The monoisotopic (exact) mass is 292 g/mol. The minimum absolute atomic E-state index is 0.589. The summed E-state index contributed by atoms with van der Waals surface area (Å²) in [6, 6.07) is 16.9. The van der Waals surface area contributed by atoms with Crippen LogP contribution < -0.4 is 0 Å². The van der Waals surface area contributed by atoms with Crippen LogP contribution in [-0.4, -0.2) is 27.4 Å². The number of ether oxygens (including phenoxy) is 2. The fourth-order valence-electron chi connectivity index (χ4n) is 2.90. The van der Waals surface area contributed by atoms with Crippen molar-refractivity contribution in [3.05, 3.63) is 70.8 Å². The van der Waals surface area contributed by atoms with E-state index < -0.39 is 0 Å². The summed E-state index contributed by atoms with van der Waals surface area (Å²) in [5, 5.41) is 0. The average Bonchev–Trinajstić information content (AvgIpc) is 2.54. The second kappa shape index (κ2) is 6.73. The summed E-state index contributed by atoms with van der Waals surface area (Å²) in [6.45, 7) is 1.18. The molecule has 0 amide bonds. The van der Waals surface area contributed by atoms with Gasteiger partial charge in [0.2, 0.25) is 0 Å². The number of benzene rings is 2. The summed E-state index contributed by atoms with van der Waals surface area (Å²) < 4.78 is 10.9. The first kappa shape index (κ1) is 14.8. The van der Waals surface area contributed by atoms with E-state index in [0.29, 0.717) is 13.2 Å². The fourth-order valence-corrected chi connectivity index (χ4v) is 2.90. The second-order valence-electron chi connectivity index (χ2n) is 5.38. The van der Waals surface area contributed by atoms with Crippen molar-refractivity contribution < 1.29 is 9.47 Å². The first-order valence-electron chi connectivity index (χ1n) is 7.41. The van der Waals surface area contributed by atoms with Crippen LogP contribution in [0, 0.1) is 0 Å². The minimum Gasteiger partial charge on any atom is -0.380 e. The lowest BCUT2D eigenvalue weighted by Gasteiger charge is -2.19. The lowest BCUT2D eigenvalue weighted by atomic mass is 9.89. The van der Waals surface area contributed by atoms with Crippen molar-refractivity contribution in [3.8, 4) is 0 Å². The maximum absolute atomic E-state index is 5.43. The molecule has 0 saturated heterocycles. The van der Waals surface area contributed by atoms with E-state index in [0.717, 1.165) is 0 Å². The molecule has 0 aliphatic heterocycles. The highest BCUT2D eigenvalue weighted by Gasteiger charge is 2.15. The molecule has 1 aliphatic rings. The van der Waals surface area contributed by atoms with Gasteiger partial charge in [0.1, 0.15) is 0 Å². The van der Waals surface area contributed by atoms with Gasteiger partial charge in [-0.25, -0.2) is 0 Å². The molecule has 0 saturated carbocycles. The SMILES string of the molecule is COC/C1=C/c2ccccc2/C=C(/COC)c2ccccc21. The van der Waals surface area contributed by atoms with Crippen LogP contribution in [0.3, 0.4) is 0 Å². The van der Waals surface area contributed by atoms with Crippen LogP contribution in [0.1, 0.15) is 22.3 Å². The molecule has 1 aliphatic carbocycles. The van der Waals surface area contributed by atoms with E-state index >= 15 is 0 Å². The van der Waals surface area contributed by atoms with Crippen molar-refractivity contribution >= 4 is 23.3 Å². The van der Waals surface area contributed by atoms with E-state index in [-0.39, 0.29) is 0 Å². The summed E-state index contributed by atoms with van der Waals surface area (Å²) in [4.78, 5) is 0. The van der Waals surface area contributed by atoms with E-state index in [4.69, 9.17) is 9.47 Å². The minimum atomic E-state index is 0.589. The highest BCUT2D eigenvalue weighted by Crippen LogP contribution is 2.32. The van der Waals surface area contributed by atoms with E-state index in [1.807, 2.05) is 0 Å². The van der Waals surface area contributed by atoms with Gasteiger partial charge in [-0.3, -0.25) is 0 Å². The highest BCUT2D eigenvalue weighted by atomic mass is 16.5. The Bertz CT molecular complexity index is 664. The molecule has 22 heavy (non-hydrogen) atoms. The van der Waals surface area contributed by atoms with Crippen LogP contribution in [0.25, 0.3) is 23.3 Å². The van der Waals surface area contributed by atoms with E-state index in [2.05, 4.69) is 60.7 Å². The van der Waals surface area contributed by atoms with Gasteiger partial charge in [-0.05, 0) is 45.6 Å². The molecule has 0 N–H and O–H groups in total. The largest absolute Gasteiger partial charge is 0.380 e. The molecule has 2 nitrogen and oxygen atoms in total. The Kier molecular flexibility index (Phi) is 4.52. The van der Waals surface area contributed by atoms with Crippen molar-refractivity contribution in [3.63, 3.8) is 0 Å². The Morgan fingerprint density at radius 1 is 0.636 bits per heavy atom. The Balaban J connectivity index is 2.25. The zero-order valence-corrected chi connectivity index (χ0v) is 13.0. The van der Waals surface area contributed by atoms with Crippen LogP contribution >= 0.6 is 0 Å². The molecule has 0 radical (unpaired) electrons. The summed E-state index contributed by atoms with van der Waals surface area (Å²) in [5.41, 5.74) is 7.21. The summed E-state index contributed by atoms with van der Waals surface area (Å²) in [6.07, 6.45) is 4.44. The van der Waals surface area contributed by atoms with Gasteiger partial charge in [-0.1, -0.05) is 48.5 Å².